The lowest BCUT2D eigenvalue weighted by Gasteiger charge is -2.01. The molecule has 0 fully saturated rings. The molecule has 0 spiro atoms. The van der Waals surface area contributed by atoms with Crippen LogP contribution in [-0.2, 0) is 13.9 Å². The maximum atomic E-state index is 12.2. The standard InChI is InChI=1S/C20H32FO4P/c1-2-3-4-5-6-7-8-9-10-11-12-13-14-15-16-17-18-19-20(22)25-26(21,23)24/h6-7,9-10,12-13,15-16H,2-5,8,11,14,17-19H2,1H3,(H,23,24)/b7-6-,10-9-,13-12-,16-15-. The van der Waals surface area contributed by atoms with E-state index in [0.717, 1.165) is 19.3 Å². The molecule has 0 aliphatic carbocycles. The molecule has 0 aliphatic heterocycles. The topological polar surface area (TPSA) is 63.6 Å². The van der Waals surface area contributed by atoms with Crippen LogP contribution >= 0.6 is 7.91 Å². The molecule has 26 heavy (non-hydrogen) atoms. The molecule has 1 N–H and O–H groups in total. The molecule has 148 valence electrons. The molecule has 0 aliphatic rings. The van der Waals surface area contributed by atoms with E-state index in [0.29, 0.717) is 12.8 Å². The van der Waals surface area contributed by atoms with Crippen LogP contribution in [0.4, 0.5) is 4.20 Å². The molecule has 0 heterocycles. The number of halogens is 1. The fourth-order valence-electron chi connectivity index (χ4n) is 2.10. The van der Waals surface area contributed by atoms with E-state index in [1.54, 1.807) is 0 Å². The monoisotopic (exact) mass is 386 g/mol. The summed E-state index contributed by atoms with van der Waals surface area (Å²) in [4.78, 5) is 19.2. The maximum absolute atomic E-state index is 12.2. The number of carbonyl (C=O) groups excluding carboxylic acids is 1. The summed E-state index contributed by atoms with van der Waals surface area (Å²) in [6.07, 6.45) is 25.6. The quantitative estimate of drug-likeness (QED) is 0.192. The Hall–Kier alpha value is -1.45. The Kier molecular flexibility index (Phi) is 16.0. The lowest BCUT2D eigenvalue weighted by atomic mass is 10.2. The lowest BCUT2D eigenvalue weighted by molar-refractivity contribution is -0.135. The molecule has 4 nitrogen and oxygen atoms in total. The van der Waals surface area contributed by atoms with Crippen LogP contribution in [0.5, 0.6) is 0 Å². The maximum Gasteiger partial charge on any atom is 0.569 e. The molecule has 1 atom stereocenters. The molecular weight excluding hydrogens is 354 g/mol. The summed E-state index contributed by atoms with van der Waals surface area (Å²) in [6, 6.07) is 0. The van der Waals surface area contributed by atoms with Gasteiger partial charge in [0, 0.05) is 6.42 Å². The third-order valence-corrected chi connectivity index (χ3v) is 3.85. The van der Waals surface area contributed by atoms with Crippen molar-refractivity contribution in [3.63, 3.8) is 0 Å². The van der Waals surface area contributed by atoms with Gasteiger partial charge >= 0.3 is 13.9 Å². The summed E-state index contributed by atoms with van der Waals surface area (Å²) >= 11 is 0. The van der Waals surface area contributed by atoms with E-state index in [1.165, 1.54) is 25.7 Å². The van der Waals surface area contributed by atoms with Crippen LogP contribution in [0.1, 0.15) is 71.1 Å². The Morgan fingerprint density at radius 1 is 0.885 bits per heavy atom. The van der Waals surface area contributed by atoms with E-state index >= 15 is 0 Å². The van der Waals surface area contributed by atoms with Gasteiger partial charge in [-0.15, -0.1) is 4.20 Å². The van der Waals surface area contributed by atoms with E-state index in [-0.39, 0.29) is 6.42 Å². The van der Waals surface area contributed by atoms with Crippen molar-refractivity contribution in [1.29, 1.82) is 0 Å². The molecule has 0 saturated heterocycles. The van der Waals surface area contributed by atoms with Crippen molar-refractivity contribution >= 4 is 13.9 Å². The van der Waals surface area contributed by atoms with Crippen LogP contribution in [0.25, 0.3) is 0 Å². The van der Waals surface area contributed by atoms with Crippen molar-refractivity contribution in [3.8, 4) is 0 Å². The third-order valence-electron chi connectivity index (χ3n) is 3.42. The van der Waals surface area contributed by atoms with Crippen LogP contribution < -0.4 is 0 Å². The highest BCUT2D eigenvalue weighted by Crippen LogP contribution is 2.43. The third kappa shape index (κ3) is 20.6. The molecule has 0 radical (unpaired) electrons. The summed E-state index contributed by atoms with van der Waals surface area (Å²) in [5.41, 5.74) is 0. The minimum atomic E-state index is -5.20. The van der Waals surface area contributed by atoms with E-state index in [9.17, 15) is 13.6 Å². The minimum absolute atomic E-state index is 0.0769. The van der Waals surface area contributed by atoms with Gasteiger partial charge < -0.3 is 4.52 Å². The van der Waals surface area contributed by atoms with Crippen LogP contribution in [0, 0.1) is 0 Å². The minimum Gasteiger partial charge on any atom is -0.367 e. The first-order valence-corrected chi connectivity index (χ1v) is 10.8. The Balaban J connectivity index is 3.54. The first-order chi connectivity index (χ1) is 12.5. The number of hydrogen-bond acceptors (Lipinski definition) is 3. The average Bonchev–Trinajstić information content (AvgIpc) is 2.56. The lowest BCUT2D eigenvalue weighted by Crippen LogP contribution is -1.99. The smallest absolute Gasteiger partial charge is 0.367 e. The molecule has 0 amide bonds. The number of carbonyl (C=O) groups is 1. The summed E-state index contributed by atoms with van der Waals surface area (Å²) in [5, 5.41) is 0. The fraction of sp³-hybridized carbons (Fsp3) is 0.550. The summed E-state index contributed by atoms with van der Waals surface area (Å²) in [5.74, 6) is -0.991. The van der Waals surface area contributed by atoms with Gasteiger partial charge in [0.2, 0.25) is 0 Å². The van der Waals surface area contributed by atoms with Gasteiger partial charge in [0.15, 0.2) is 0 Å². The number of rotatable bonds is 15. The second-order valence-electron chi connectivity index (χ2n) is 5.90. The van der Waals surface area contributed by atoms with Gasteiger partial charge in [0.05, 0.1) is 0 Å². The van der Waals surface area contributed by atoms with E-state index in [1.807, 2.05) is 12.2 Å². The van der Waals surface area contributed by atoms with Crippen LogP contribution in [0.15, 0.2) is 48.6 Å². The highest BCUT2D eigenvalue weighted by atomic mass is 31.2. The number of hydrogen-bond donors (Lipinski definition) is 1. The van der Waals surface area contributed by atoms with Crippen LogP contribution in [0.3, 0.4) is 0 Å². The second kappa shape index (κ2) is 17.0. The van der Waals surface area contributed by atoms with Gasteiger partial charge in [-0.05, 0) is 44.9 Å². The van der Waals surface area contributed by atoms with E-state index in [4.69, 9.17) is 4.89 Å². The Morgan fingerprint density at radius 2 is 1.35 bits per heavy atom. The predicted molar refractivity (Wildman–Crippen MR) is 105 cm³/mol. The van der Waals surface area contributed by atoms with Crippen molar-refractivity contribution in [1.82, 2.24) is 0 Å². The van der Waals surface area contributed by atoms with Gasteiger partial charge in [0.25, 0.3) is 0 Å². The first-order valence-electron chi connectivity index (χ1n) is 9.30. The summed E-state index contributed by atoms with van der Waals surface area (Å²) < 4.78 is 26.1. The first kappa shape index (κ1) is 24.6. The molecule has 0 bridgehead atoms. The predicted octanol–water partition coefficient (Wildman–Crippen LogP) is 6.75. The molecule has 6 heteroatoms. The molecule has 0 aromatic rings. The largest absolute Gasteiger partial charge is 0.569 e. The molecule has 1 unspecified atom stereocenters. The van der Waals surface area contributed by atoms with Gasteiger partial charge in [-0.1, -0.05) is 68.4 Å². The molecule has 0 aromatic carbocycles. The molecule has 0 saturated carbocycles. The zero-order chi connectivity index (χ0) is 19.5. The fourth-order valence-corrected chi connectivity index (χ4v) is 2.44. The van der Waals surface area contributed by atoms with Crippen molar-refractivity contribution in [2.45, 2.75) is 71.1 Å². The van der Waals surface area contributed by atoms with E-state index in [2.05, 4.69) is 47.9 Å². The molecular formula is C20H32FO4P. The van der Waals surface area contributed by atoms with Gasteiger partial charge in [-0.25, -0.2) is 4.57 Å². The van der Waals surface area contributed by atoms with Gasteiger partial charge in [-0.2, -0.15) is 0 Å². The second-order valence-corrected chi connectivity index (χ2v) is 6.98. The van der Waals surface area contributed by atoms with Crippen molar-refractivity contribution in [2.75, 3.05) is 0 Å². The Labute approximate surface area is 157 Å². The van der Waals surface area contributed by atoms with Crippen molar-refractivity contribution in [3.05, 3.63) is 48.6 Å². The van der Waals surface area contributed by atoms with Crippen molar-refractivity contribution in [2.24, 2.45) is 0 Å². The highest BCUT2D eigenvalue weighted by Gasteiger charge is 2.22. The van der Waals surface area contributed by atoms with Crippen LogP contribution in [0.2, 0.25) is 0 Å². The highest BCUT2D eigenvalue weighted by molar-refractivity contribution is 7.47. The number of unbranched alkanes of at least 4 members (excludes halogenated alkanes) is 4. The summed E-state index contributed by atoms with van der Waals surface area (Å²) in [6.45, 7) is 2.21. The zero-order valence-corrected chi connectivity index (χ0v) is 16.6. The molecule has 0 aromatic heterocycles. The SMILES string of the molecule is CCCCC/C=C\C/C=C\C/C=C\C/C=C\CCCC(=O)OP(=O)(O)F. The number of allylic oxidation sites excluding steroid dienone is 8. The average molecular weight is 386 g/mol. The van der Waals surface area contributed by atoms with Gasteiger partial charge in [0.1, 0.15) is 0 Å². The van der Waals surface area contributed by atoms with Gasteiger partial charge in [-0.3, -0.25) is 9.69 Å². The Morgan fingerprint density at radius 3 is 1.81 bits per heavy atom. The van der Waals surface area contributed by atoms with E-state index < -0.39 is 13.9 Å². The van der Waals surface area contributed by atoms with Crippen molar-refractivity contribution < 1.29 is 23.0 Å². The molecule has 0 rings (SSSR count). The normalized spacial score (nSPS) is 14.7. The summed E-state index contributed by atoms with van der Waals surface area (Å²) in [7, 11) is -5.20. The van der Waals surface area contributed by atoms with Crippen LogP contribution in [-0.4, -0.2) is 10.9 Å². The Bertz CT molecular complexity index is 518. The zero-order valence-electron chi connectivity index (χ0n) is 15.7.